The number of carboxylic acid groups (broad SMARTS) is 3. The molecule has 8 aromatic heterocycles. The Morgan fingerprint density at radius 2 is 0.374 bits per heavy atom. The summed E-state index contributed by atoms with van der Waals surface area (Å²) in [6.45, 7) is 2.92. The molecule has 0 bridgehead atoms. The minimum atomic E-state index is -2.39. The molecule has 0 atom stereocenters. The van der Waals surface area contributed by atoms with E-state index < -0.39 is 46.1 Å². The fraction of sp³-hybridized carbons (Fsp3) is 0.140. The van der Waals surface area contributed by atoms with Crippen LogP contribution < -0.4 is 35.7 Å². The first-order valence-electron chi connectivity index (χ1n) is 21.1. The summed E-state index contributed by atoms with van der Waals surface area (Å²) in [5.74, 6) is -12.8. The molecule has 0 saturated carbocycles. The molecule has 0 amide bonds. The third kappa shape index (κ3) is 48.5. The van der Waals surface area contributed by atoms with E-state index in [4.69, 9.17) is 45.0 Å². The molecule has 0 aliphatic carbocycles. The van der Waals surface area contributed by atoms with Gasteiger partial charge in [0.05, 0.1) is 73.8 Å². The molecule has 8 rings (SSSR count). The van der Waals surface area contributed by atoms with Gasteiger partial charge >= 0.3 is 66.0 Å². The number of rotatable bonds is 8. The van der Waals surface area contributed by atoms with Gasteiger partial charge in [0, 0.05) is 67.5 Å². The maximum atomic E-state index is 11.9. The fourth-order valence-corrected chi connectivity index (χ4v) is 5.03. The van der Waals surface area contributed by atoms with Crippen molar-refractivity contribution >= 4 is 17.9 Å². The van der Waals surface area contributed by atoms with Crippen LogP contribution in [0.1, 0.15) is 66.3 Å². The minimum absolute atomic E-state index is 0. The van der Waals surface area contributed by atoms with Crippen molar-refractivity contribution in [3.63, 3.8) is 0 Å². The Hall–Kier alpha value is -7.98. The van der Waals surface area contributed by atoms with Gasteiger partial charge in [-0.25, -0.2) is 0 Å². The van der Waals surface area contributed by atoms with Gasteiger partial charge in [0.2, 0.25) is 0 Å². The number of carbonyl (C=O) groups is 3. The van der Waals surface area contributed by atoms with Crippen molar-refractivity contribution in [2.24, 2.45) is 0 Å². The molecule has 0 saturated heterocycles. The van der Waals surface area contributed by atoms with Crippen molar-refractivity contribution in [2.75, 3.05) is 0 Å². The zero-order valence-electron chi connectivity index (χ0n) is 46.9. The Kier molecular flexibility index (Phi) is 84.4. The largest absolute Gasteiger partial charge is 2.00 e. The van der Waals surface area contributed by atoms with Gasteiger partial charge in [-0.3, -0.25) is 39.9 Å². The van der Waals surface area contributed by atoms with Gasteiger partial charge < -0.3 is 146 Å². The van der Waals surface area contributed by atoms with Crippen molar-refractivity contribution in [3.05, 3.63) is 256 Å². The van der Waals surface area contributed by atoms with Crippen LogP contribution in [0.4, 0.5) is 0 Å². The molecule has 0 aliphatic heterocycles. The zero-order chi connectivity index (χ0) is 57.2. The molecule has 0 fully saturated rings. The van der Waals surface area contributed by atoms with Gasteiger partial charge in [0.25, 0.3) is 0 Å². The van der Waals surface area contributed by atoms with Crippen molar-refractivity contribution < 1.29 is 202 Å². The van der Waals surface area contributed by atoms with Crippen LogP contribution in [0.2, 0.25) is 0 Å². The molecule has 0 radical (unpaired) electrons. The molecule has 0 unspecified atom stereocenters. The van der Waals surface area contributed by atoms with Crippen LogP contribution in [0.3, 0.4) is 0 Å². The maximum absolute atomic E-state index is 11.9. The van der Waals surface area contributed by atoms with E-state index in [1.54, 1.807) is 97.1 Å². The van der Waals surface area contributed by atoms with E-state index in [0.717, 1.165) is 20.8 Å². The number of carboxylic acids is 3. The Balaban J connectivity index is -0.0000000573. The molecule has 0 aromatic carbocycles. The van der Waals surface area contributed by atoms with E-state index in [2.05, 4.69) is 39.9 Å². The van der Waals surface area contributed by atoms with Crippen LogP contribution in [0.25, 0.3) is 0 Å². The third-order valence-corrected chi connectivity index (χ3v) is 8.10. The summed E-state index contributed by atoms with van der Waals surface area (Å²) >= 11 is 0. The van der Waals surface area contributed by atoms with Gasteiger partial charge in [-0.15, -0.1) is 0 Å². The first-order chi connectivity index (χ1) is 35.8. The molecule has 37 nitrogen and oxygen atoms in total. The number of carbonyl (C=O) groups excluding carboxylic acids is 3. The summed E-state index contributed by atoms with van der Waals surface area (Å²) < 4.78 is 0. The number of aliphatic hydroxyl groups is 4. The predicted molar refractivity (Wildman–Crippen MR) is 288 cm³/mol. The molecular formula is C50H67N9Ni4O28. The van der Waals surface area contributed by atoms with Crippen molar-refractivity contribution in [3.8, 4) is 0 Å². The maximum Gasteiger partial charge on any atom is 2.00 e. The van der Waals surface area contributed by atoms with Crippen molar-refractivity contribution in [1.82, 2.24) is 39.9 Å². The normalized spacial score (nSPS) is 8.56. The van der Waals surface area contributed by atoms with Gasteiger partial charge in [-0.1, -0.05) is 48.5 Å². The number of aliphatic carboxylic acids is 3. The van der Waals surface area contributed by atoms with E-state index >= 15 is 0 Å². The molecule has 26 N–H and O–H groups in total. The van der Waals surface area contributed by atoms with E-state index in [0.29, 0.717) is 0 Å². The molecule has 8 heterocycles. The van der Waals surface area contributed by atoms with E-state index in [9.17, 15) is 40.9 Å². The second-order valence-corrected chi connectivity index (χ2v) is 14.0. The fourth-order valence-electron chi connectivity index (χ4n) is 5.03. The monoisotopic (exact) mass is 1470 g/mol. The molecule has 8 aromatic rings. The van der Waals surface area contributed by atoms with Gasteiger partial charge in [-0.05, 0) is 118 Å². The van der Waals surface area contributed by atoms with E-state index in [1.807, 2.05) is 0 Å². The second kappa shape index (κ2) is 63.6. The SMILES string of the molecule is CC(=O)[O-].CC(=O)[O-].CC(=O)[O-].O.O.O.O.O.O.O.O.O.O.O.O=[N+]([O-])[O-].[Ni+2].[Ni+2].[Ni+2].[Ni+2].[O-]C(O)(c1ccccn1)c1ccccn1.[O-]C(O)(c1ccccn1)c1ccccn1.[O-]C(O)(c1ccccn1)c1ccccn1.[O-]C(O)(c1ccccn1)c1ccccn1. The summed E-state index contributed by atoms with van der Waals surface area (Å²) in [7, 11) is 0. The third-order valence-electron chi connectivity index (χ3n) is 8.10. The first kappa shape index (κ1) is 121. The Morgan fingerprint density at radius 1 is 0.297 bits per heavy atom. The number of nitrogens with zero attached hydrogens (tertiary/aromatic N) is 9. The molecule has 41 heteroatoms. The smallest absolute Gasteiger partial charge is 0.819 e. The Bertz CT molecular complexity index is 2320. The standard InChI is InChI=1S/4C11H9N2O2.3C2H4O2.NO3.4Ni.11H2O/c4*14-11(15,9-5-1-3-7-12-9)10-6-2-4-8-13-10;3*1-2(3)4;2-1(3)4;;;;;;;;;;;;;;;/h4*1-8,14H;3*1H3,(H,3,4);;;;;;11*1H2/q4*-1;;;;-1;4*+2;;;;;;;;;;;/p-3. The van der Waals surface area contributed by atoms with E-state index in [-0.39, 0.29) is 172 Å². The molecular weight excluding hydrogens is 1410 g/mol. The summed E-state index contributed by atoms with van der Waals surface area (Å²) in [6, 6.07) is 38.4. The second-order valence-electron chi connectivity index (χ2n) is 14.0. The number of hydrogen-bond donors (Lipinski definition) is 4. The topological polar surface area (TPSA) is 809 Å². The van der Waals surface area contributed by atoms with Gasteiger partial charge in [0.15, 0.2) is 0 Å². The minimum Gasteiger partial charge on any atom is -0.819 e. The van der Waals surface area contributed by atoms with Crippen LogP contribution in [0, 0.1) is 15.3 Å². The average molecular weight is 1480 g/mol. The molecule has 520 valence electrons. The first-order valence-corrected chi connectivity index (χ1v) is 21.1. The Morgan fingerprint density at radius 3 is 0.429 bits per heavy atom. The number of pyridine rings is 8. The average Bonchev–Trinajstić information content (AvgIpc) is 3.40. The van der Waals surface area contributed by atoms with Crippen molar-refractivity contribution in [2.45, 2.75) is 43.9 Å². The molecule has 91 heavy (non-hydrogen) atoms. The summed E-state index contributed by atoms with van der Waals surface area (Å²) in [5, 5.41) is 128. The van der Waals surface area contributed by atoms with Crippen LogP contribution in [-0.2, 0) is 103 Å². The van der Waals surface area contributed by atoms with Crippen LogP contribution in [-0.4, -0.2) is 144 Å². The molecule has 0 aliphatic rings. The van der Waals surface area contributed by atoms with Gasteiger partial charge in [-0.2, -0.15) is 0 Å². The Labute approximate surface area is 556 Å². The van der Waals surface area contributed by atoms with Crippen LogP contribution >= 0.6 is 0 Å². The number of aromatic nitrogens is 8. The molecule has 0 spiro atoms. The summed E-state index contributed by atoms with van der Waals surface area (Å²) in [4.78, 5) is 65.5. The number of hydrogen-bond acceptors (Lipinski definition) is 25. The summed E-state index contributed by atoms with van der Waals surface area (Å²) in [5.41, 5.74) is 0.361. The van der Waals surface area contributed by atoms with Crippen molar-refractivity contribution in [1.29, 1.82) is 0 Å². The van der Waals surface area contributed by atoms with Crippen LogP contribution in [0.15, 0.2) is 195 Å². The quantitative estimate of drug-likeness (QED) is 0.0475. The summed E-state index contributed by atoms with van der Waals surface area (Å²) in [6.07, 6.45) is 11.7. The van der Waals surface area contributed by atoms with Crippen LogP contribution in [0.5, 0.6) is 0 Å². The predicted octanol–water partition coefficient (Wildman–Crippen LogP) is -12.9. The van der Waals surface area contributed by atoms with Gasteiger partial charge in [0.1, 0.15) is 0 Å². The zero-order valence-corrected chi connectivity index (χ0v) is 50.8. The van der Waals surface area contributed by atoms with E-state index in [1.165, 1.54) is 98.1 Å².